The lowest BCUT2D eigenvalue weighted by atomic mass is 9.93. The zero-order valence-electron chi connectivity index (χ0n) is 11.5. The standard InChI is InChI=1S/C17H14ClNO2/c1-10-16(20)15(17(21)19-10)12-8-6-11(7-9-12)13-4-2-3-5-14(13)18/h2-10,15H,1H3,(H,19,21). The first kappa shape index (κ1) is 13.8. The van der Waals surface area contributed by atoms with Gasteiger partial charge in [0, 0.05) is 10.6 Å². The molecule has 0 bridgehead atoms. The van der Waals surface area contributed by atoms with Crippen LogP contribution in [0.1, 0.15) is 18.4 Å². The third-order valence-electron chi connectivity index (χ3n) is 3.76. The number of carbonyl (C=O) groups excluding carboxylic acids is 2. The molecule has 2 atom stereocenters. The summed E-state index contributed by atoms with van der Waals surface area (Å²) in [5.41, 5.74) is 2.61. The lowest BCUT2D eigenvalue weighted by Crippen LogP contribution is -2.25. The summed E-state index contributed by atoms with van der Waals surface area (Å²) in [6.07, 6.45) is 0. The molecule has 1 heterocycles. The largest absolute Gasteiger partial charge is 0.346 e. The molecule has 0 saturated carbocycles. The van der Waals surface area contributed by atoms with Crippen molar-refractivity contribution in [3.63, 3.8) is 0 Å². The summed E-state index contributed by atoms with van der Waals surface area (Å²) in [6.45, 7) is 1.71. The first-order chi connectivity index (χ1) is 10.1. The highest BCUT2D eigenvalue weighted by Crippen LogP contribution is 2.30. The lowest BCUT2D eigenvalue weighted by molar-refractivity contribution is -0.124. The van der Waals surface area contributed by atoms with Crippen LogP contribution in [0.5, 0.6) is 0 Å². The van der Waals surface area contributed by atoms with E-state index in [2.05, 4.69) is 5.32 Å². The monoisotopic (exact) mass is 299 g/mol. The van der Waals surface area contributed by atoms with Crippen LogP contribution in [0.25, 0.3) is 11.1 Å². The van der Waals surface area contributed by atoms with Crippen molar-refractivity contribution >= 4 is 23.3 Å². The number of amides is 1. The summed E-state index contributed by atoms with van der Waals surface area (Å²) in [6, 6.07) is 14.6. The van der Waals surface area contributed by atoms with Crippen molar-refractivity contribution in [2.24, 2.45) is 0 Å². The second-order valence-electron chi connectivity index (χ2n) is 5.17. The molecular weight excluding hydrogens is 286 g/mol. The minimum Gasteiger partial charge on any atom is -0.346 e. The topological polar surface area (TPSA) is 46.2 Å². The number of benzene rings is 2. The number of hydrogen-bond donors (Lipinski definition) is 1. The van der Waals surface area contributed by atoms with Gasteiger partial charge in [0.05, 0.1) is 6.04 Å². The highest BCUT2D eigenvalue weighted by molar-refractivity contribution is 6.33. The Labute approximate surface area is 127 Å². The molecule has 1 saturated heterocycles. The van der Waals surface area contributed by atoms with Crippen LogP contribution >= 0.6 is 11.6 Å². The molecule has 0 radical (unpaired) electrons. The highest BCUT2D eigenvalue weighted by Gasteiger charge is 2.39. The molecule has 0 spiro atoms. The average Bonchev–Trinajstić information content (AvgIpc) is 2.73. The fraction of sp³-hybridized carbons (Fsp3) is 0.176. The number of Topliss-reactive ketones (excluding diaryl/α,β-unsaturated/α-hetero) is 1. The van der Waals surface area contributed by atoms with Crippen molar-refractivity contribution in [1.82, 2.24) is 5.32 Å². The molecule has 1 amide bonds. The first-order valence-corrected chi connectivity index (χ1v) is 7.14. The molecule has 3 nitrogen and oxygen atoms in total. The molecule has 1 aliphatic rings. The van der Waals surface area contributed by atoms with Crippen LogP contribution in [-0.2, 0) is 9.59 Å². The predicted molar refractivity (Wildman–Crippen MR) is 82.2 cm³/mol. The van der Waals surface area contributed by atoms with Gasteiger partial charge in [-0.25, -0.2) is 0 Å². The second kappa shape index (κ2) is 5.34. The molecule has 2 aromatic carbocycles. The Morgan fingerprint density at radius 3 is 2.24 bits per heavy atom. The van der Waals surface area contributed by atoms with E-state index in [1.54, 1.807) is 6.92 Å². The summed E-state index contributed by atoms with van der Waals surface area (Å²) in [4.78, 5) is 23.9. The molecule has 1 aliphatic heterocycles. The molecular formula is C17H14ClNO2. The van der Waals surface area contributed by atoms with Gasteiger partial charge in [0.15, 0.2) is 5.78 Å². The van der Waals surface area contributed by atoms with Crippen LogP contribution in [0.15, 0.2) is 48.5 Å². The maximum absolute atomic E-state index is 12.0. The normalized spacial score (nSPS) is 21.4. The minimum absolute atomic E-state index is 0.0782. The molecule has 0 aliphatic carbocycles. The summed E-state index contributed by atoms with van der Waals surface area (Å²) < 4.78 is 0. The Kier molecular flexibility index (Phi) is 3.52. The van der Waals surface area contributed by atoms with Crippen molar-refractivity contribution in [1.29, 1.82) is 0 Å². The van der Waals surface area contributed by atoms with E-state index >= 15 is 0 Å². The zero-order valence-corrected chi connectivity index (χ0v) is 12.2. The van der Waals surface area contributed by atoms with Gasteiger partial charge in [-0.15, -0.1) is 0 Å². The maximum Gasteiger partial charge on any atom is 0.235 e. The smallest absolute Gasteiger partial charge is 0.235 e. The first-order valence-electron chi connectivity index (χ1n) is 6.77. The van der Waals surface area contributed by atoms with Crippen molar-refractivity contribution in [2.75, 3.05) is 0 Å². The average molecular weight is 300 g/mol. The fourth-order valence-corrected chi connectivity index (χ4v) is 2.86. The molecule has 21 heavy (non-hydrogen) atoms. The fourth-order valence-electron chi connectivity index (χ4n) is 2.61. The molecule has 3 rings (SSSR count). The number of nitrogens with one attached hydrogen (secondary N) is 1. The van der Waals surface area contributed by atoms with Crippen LogP contribution in [0.2, 0.25) is 5.02 Å². The molecule has 2 unspecified atom stereocenters. The van der Waals surface area contributed by atoms with Crippen LogP contribution < -0.4 is 5.32 Å². The third kappa shape index (κ3) is 2.45. The van der Waals surface area contributed by atoms with Gasteiger partial charge in [0.1, 0.15) is 5.92 Å². The zero-order chi connectivity index (χ0) is 15.0. The van der Waals surface area contributed by atoms with Gasteiger partial charge in [-0.2, -0.15) is 0 Å². The molecule has 1 fully saturated rings. The Morgan fingerprint density at radius 2 is 1.67 bits per heavy atom. The van der Waals surface area contributed by atoms with Crippen molar-refractivity contribution in [3.8, 4) is 11.1 Å². The summed E-state index contributed by atoms with van der Waals surface area (Å²) in [7, 11) is 0. The summed E-state index contributed by atoms with van der Waals surface area (Å²) >= 11 is 6.17. The van der Waals surface area contributed by atoms with Crippen LogP contribution in [-0.4, -0.2) is 17.7 Å². The molecule has 1 N–H and O–H groups in total. The van der Waals surface area contributed by atoms with Gasteiger partial charge in [0.25, 0.3) is 0 Å². The van der Waals surface area contributed by atoms with Gasteiger partial charge in [-0.1, -0.05) is 54.1 Å². The Balaban J connectivity index is 1.94. The Bertz CT molecular complexity index is 709. The van der Waals surface area contributed by atoms with Gasteiger partial charge in [0.2, 0.25) is 5.91 Å². The van der Waals surface area contributed by atoms with Gasteiger partial charge in [-0.3, -0.25) is 9.59 Å². The van der Waals surface area contributed by atoms with Crippen molar-refractivity contribution in [3.05, 3.63) is 59.1 Å². The number of hydrogen-bond acceptors (Lipinski definition) is 2. The molecule has 0 aromatic heterocycles. The Morgan fingerprint density at radius 1 is 1.00 bits per heavy atom. The van der Waals surface area contributed by atoms with Gasteiger partial charge < -0.3 is 5.32 Å². The quantitative estimate of drug-likeness (QED) is 0.866. The maximum atomic E-state index is 12.0. The van der Waals surface area contributed by atoms with E-state index in [1.165, 1.54) is 0 Å². The van der Waals surface area contributed by atoms with E-state index in [-0.39, 0.29) is 11.7 Å². The predicted octanol–water partition coefficient (Wildman–Crippen LogP) is 3.18. The number of rotatable bonds is 2. The number of ketones is 1. The summed E-state index contributed by atoms with van der Waals surface area (Å²) in [5, 5.41) is 3.34. The van der Waals surface area contributed by atoms with Crippen molar-refractivity contribution < 1.29 is 9.59 Å². The summed E-state index contributed by atoms with van der Waals surface area (Å²) in [5.74, 6) is -0.996. The van der Waals surface area contributed by atoms with Crippen LogP contribution in [0, 0.1) is 0 Å². The van der Waals surface area contributed by atoms with Gasteiger partial charge >= 0.3 is 0 Å². The lowest BCUT2D eigenvalue weighted by Gasteiger charge is -2.09. The van der Waals surface area contributed by atoms with E-state index in [0.717, 1.165) is 16.7 Å². The van der Waals surface area contributed by atoms with Crippen LogP contribution in [0.3, 0.4) is 0 Å². The van der Waals surface area contributed by atoms with E-state index in [1.807, 2.05) is 48.5 Å². The molecule has 106 valence electrons. The van der Waals surface area contributed by atoms with E-state index in [0.29, 0.717) is 5.02 Å². The minimum atomic E-state index is -0.694. The Hall–Kier alpha value is -2.13. The number of halogens is 1. The van der Waals surface area contributed by atoms with E-state index in [4.69, 9.17) is 11.6 Å². The van der Waals surface area contributed by atoms with E-state index in [9.17, 15) is 9.59 Å². The van der Waals surface area contributed by atoms with Crippen molar-refractivity contribution in [2.45, 2.75) is 18.9 Å². The number of carbonyl (C=O) groups is 2. The van der Waals surface area contributed by atoms with Gasteiger partial charge in [-0.05, 0) is 24.1 Å². The third-order valence-corrected chi connectivity index (χ3v) is 4.09. The molecule has 4 heteroatoms. The molecule has 2 aromatic rings. The van der Waals surface area contributed by atoms with Crippen LogP contribution in [0.4, 0.5) is 0 Å². The highest BCUT2D eigenvalue weighted by atomic mass is 35.5. The van der Waals surface area contributed by atoms with E-state index < -0.39 is 12.0 Å². The second-order valence-corrected chi connectivity index (χ2v) is 5.57. The SMILES string of the molecule is CC1NC(=O)C(c2ccc(-c3ccccc3Cl)cc2)C1=O.